The van der Waals surface area contributed by atoms with Crippen LogP contribution < -0.4 is 14.4 Å². The maximum absolute atomic E-state index is 15.0. The second kappa shape index (κ2) is 9.66. The lowest BCUT2D eigenvalue weighted by molar-refractivity contribution is -0.145. The van der Waals surface area contributed by atoms with Gasteiger partial charge >= 0.3 is 5.97 Å². The summed E-state index contributed by atoms with van der Waals surface area (Å²) < 4.78 is 44.5. The SMILES string of the molecule is CCOC(=O)CC(=O)N(c1cc(Cl)nc(Cl)n1)c1c(F)c(OC)cc(OC)c1F. The topological polar surface area (TPSA) is 90.9 Å². The molecule has 0 aliphatic rings. The molecule has 1 amide bonds. The summed E-state index contributed by atoms with van der Waals surface area (Å²) in [6, 6.07) is 2.00. The van der Waals surface area contributed by atoms with Crippen LogP contribution in [-0.2, 0) is 14.3 Å². The predicted octanol–water partition coefficient (Wildman–Crippen LogP) is 3.70. The molecule has 2 aromatic rings. The molecule has 1 aromatic heterocycles. The summed E-state index contributed by atoms with van der Waals surface area (Å²) in [5.41, 5.74) is -0.902. The molecule has 0 unspecified atom stereocenters. The number of methoxy groups -OCH3 is 2. The zero-order valence-corrected chi connectivity index (χ0v) is 17.0. The van der Waals surface area contributed by atoms with Crippen molar-refractivity contribution in [2.75, 3.05) is 25.7 Å². The van der Waals surface area contributed by atoms with E-state index in [-0.39, 0.29) is 17.6 Å². The molecule has 1 aromatic carbocycles. The van der Waals surface area contributed by atoms with Gasteiger partial charge in [-0.1, -0.05) is 11.6 Å². The van der Waals surface area contributed by atoms with Gasteiger partial charge in [0.1, 0.15) is 23.1 Å². The maximum atomic E-state index is 15.0. The van der Waals surface area contributed by atoms with Crippen molar-refractivity contribution < 1.29 is 32.6 Å². The molecule has 1 heterocycles. The number of esters is 1. The fourth-order valence-corrected chi connectivity index (χ4v) is 2.74. The van der Waals surface area contributed by atoms with E-state index < -0.39 is 52.4 Å². The Morgan fingerprint density at radius 2 is 1.66 bits per heavy atom. The van der Waals surface area contributed by atoms with E-state index in [9.17, 15) is 18.4 Å². The molecule has 0 saturated heterocycles. The lowest BCUT2D eigenvalue weighted by Crippen LogP contribution is -2.31. The first kappa shape index (κ1) is 22.6. The fraction of sp³-hybridized carbons (Fsp3) is 0.294. The molecule has 0 fully saturated rings. The second-order valence-electron chi connectivity index (χ2n) is 5.29. The Morgan fingerprint density at radius 3 is 2.14 bits per heavy atom. The van der Waals surface area contributed by atoms with Crippen molar-refractivity contribution in [2.45, 2.75) is 13.3 Å². The highest BCUT2D eigenvalue weighted by molar-refractivity contribution is 6.32. The van der Waals surface area contributed by atoms with E-state index in [1.54, 1.807) is 0 Å². The maximum Gasteiger partial charge on any atom is 0.315 e. The number of aromatic nitrogens is 2. The Bertz CT molecular complexity index is 897. The van der Waals surface area contributed by atoms with Crippen LogP contribution >= 0.6 is 23.2 Å². The van der Waals surface area contributed by atoms with E-state index >= 15 is 0 Å². The molecule has 29 heavy (non-hydrogen) atoms. The number of amides is 1. The van der Waals surface area contributed by atoms with Crippen molar-refractivity contribution >= 4 is 46.6 Å². The van der Waals surface area contributed by atoms with Crippen LogP contribution in [0.25, 0.3) is 0 Å². The number of hydrogen-bond acceptors (Lipinski definition) is 7. The average Bonchev–Trinajstić information content (AvgIpc) is 2.64. The monoisotopic (exact) mass is 449 g/mol. The van der Waals surface area contributed by atoms with Crippen LogP contribution in [0.5, 0.6) is 11.5 Å². The lowest BCUT2D eigenvalue weighted by atomic mass is 10.2. The van der Waals surface area contributed by atoms with E-state index in [0.717, 1.165) is 26.4 Å². The van der Waals surface area contributed by atoms with Crippen molar-refractivity contribution in [2.24, 2.45) is 0 Å². The number of anilines is 2. The Hall–Kier alpha value is -2.72. The Labute approximate surface area is 174 Å². The first-order valence-corrected chi connectivity index (χ1v) is 8.77. The fourth-order valence-electron chi connectivity index (χ4n) is 2.34. The van der Waals surface area contributed by atoms with E-state index in [0.29, 0.717) is 4.90 Å². The molecule has 0 saturated carbocycles. The van der Waals surface area contributed by atoms with Gasteiger partial charge in [-0.05, 0) is 18.5 Å². The number of ether oxygens (including phenoxy) is 3. The summed E-state index contributed by atoms with van der Waals surface area (Å²) in [4.78, 5) is 32.5. The van der Waals surface area contributed by atoms with Crippen molar-refractivity contribution in [3.05, 3.63) is 34.2 Å². The number of halogens is 4. The van der Waals surface area contributed by atoms with Gasteiger partial charge in [-0.15, -0.1) is 0 Å². The third kappa shape index (κ3) is 5.01. The largest absolute Gasteiger partial charge is 0.493 e. The van der Waals surface area contributed by atoms with Gasteiger partial charge < -0.3 is 14.2 Å². The van der Waals surface area contributed by atoms with Crippen LogP contribution in [0.4, 0.5) is 20.3 Å². The Kier molecular flexibility index (Phi) is 7.52. The molecule has 0 spiro atoms. The molecule has 12 heteroatoms. The molecule has 2 rings (SSSR count). The second-order valence-corrected chi connectivity index (χ2v) is 6.01. The number of hydrogen-bond donors (Lipinski definition) is 0. The van der Waals surface area contributed by atoms with Gasteiger partial charge in [-0.25, -0.2) is 13.8 Å². The summed E-state index contributed by atoms with van der Waals surface area (Å²) >= 11 is 11.6. The highest BCUT2D eigenvalue weighted by Crippen LogP contribution is 2.40. The van der Waals surface area contributed by atoms with Crippen molar-refractivity contribution in [1.29, 1.82) is 0 Å². The minimum absolute atomic E-state index is 0.00693. The van der Waals surface area contributed by atoms with E-state index in [1.807, 2.05) is 0 Å². The molecule has 0 aliphatic carbocycles. The van der Waals surface area contributed by atoms with Crippen LogP contribution in [0.1, 0.15) is 13.3 Å². The number of nitrogens with zero attached hydrogens (tertiary/aromatic N) is 3. The standard InChI is InChI=1S/C17H15Cl2F2N3O5/c1-4-29-13(26)7-12(25)24(11-6-10(18)22-17(19)23-11)16-14(20)8(27-2)5-9(28-3)15(16)21/h5-6H,4,7H2,1-3H3. The summed E-state index contributed by atoms with van der Waals surface area (Å²) in [6.45, 7) is 1.54. The average molecular weight is 450 g/mol. The van der Waals surface area contributed by atoms with Gasteiger partial charge in [-0.2, -0.15) is 4.98 Å². The van der Waals surface area contributed by atoms with Crippen molar-refractivity contribution in [1.82, 2.24) is 9.97 Å². The van der Waals surface area contributed by atoms with Crippen LogP contribution in [0, 0.1) is 11.6 Å². The first-order chi connectivity index (χ1) is 13.7. The quantitative estimate of drug-likeness (QED) is 0.275. The lowest BCUT2D eigenvalue weighted by Gasteiger charge is -2.24. The third-order valence-electron chi connectivity index (χ3n) is 3.51. The predicted molar refractivity (Wildman–Crippen MR) is 99.9 cm³/mol. The number of carbonyl (C=O) groups is 2. The highest BCUT2D eigenvalue weighted by Gasteiger charge is 2.32. The number of rotatable bonds is 7. The highest BCUT2D eigenvalue weighted by atomic mass is 35.5. The summed E-state index contributed by atoms with van der Waals surface area (Å²) in [6.07, 6.45) is -0.842. The number of benzene rings is 1. The van der Waals surface area contributed by atoms with E-state index in [2.05, 4.69) is 9.97 Å². The molecular formula is C17H15Cl2F2N3O5. The third-order valence-corrected chi connectivity index (χ3v) is 3.87. The molecule has 0 N–H and O–H groups in total. The smallest absolute Gasteiger partial charge is 0.315 e. The summed E-state index contributed by atoms with van der Waals surface area (Å²) in [5, 5.41) is -0.596. The van der Waals surface area contributed by atoms with Crippen LogP contribution in [0.3, 0.4) is 0 Å². The van der Waals surface area contributed by atoms with Crippen LogP contribution in [0.15, 0.2) is 12.1 Å². The van der Waals surface area contributed by atoms with Crippen LogP contribution in [-0.4, -0.2) is 42.7 Å². The van der Waals surface area contributed by atoms with Gasteiger partial charge in [0.25, 0.3) is 0 Å². The normalized spacial score (nSPS) is 10.4. The Morgan fingerprint density at radius 1 is 1.07 bits per heavy atom. The zero-order valence-electron chi connectivity index (χ0n) is 15.5. The molecule has 0 atom stereocenters. The molecular weight excluding hydrogens is 435 g/mol. The first-order valence-electron chi connectivity index (χ1n) is 8.02. The minimum Gasteiger partial charge on any atom is -0.493 e. The zero-order chi connectivity index (χ0) is 21.7. The van der Waals surface area contributed by atoms with Gasteiger partial charge in [0.15, 0.2) is 23.1 Å². The number of carbonyl (C=O) groups excluding carboxylic acids is 2. The molecule has 0 bridgehead atoms. The molecule has 0 radical (unpaired) electrons. The van der Waals surface area contributed by atoms with Gasteiger partial charge in [0.05, 0.1) is 20.8 Å². The molecule has 8 nitrogen and oxygen atoms in total. The van der Waals surface area contributed by atoms with E-state index in [1.165, 1.54) is 6.92 Å². The molecule has 156 valence electrons. The van der Waals surface area contributed by atoms with Gasteiger partial charge in [0, 0.05) is 12.1 Å². The minimum atomic E-state index is -1.24. The van der Waals surface area contributed by atoms with Crippen LogP contribution in [0.2, 0.25) is 10.4 Å². The summed E-state index contributed by atoms with van der Waals surface area (Å²) in [7, 11) is 2.28. The van der Waals surface area contributed by atoms with Crippen molar-refractivity contribution in [3.63, 3.8) is 0 Å². The Balaban J connectivity index is 2.74. The van der Waals surface area contributed by atoms with E-state index in [4.69, 9.17) is 37.4 Å². The van der Waals surface area contributed by atoms with Gasteiger partial charge in [-0.3, -0.25) is 14.5 Å². The molecule has 0 aliphatic heterocycles. The van der Waals surface area contributed by atoms with Gasteiger partial charge in [0.2, 0.25) is 11.2 Å². The summed E-state index contributed by atoms with van der Waals surface area (Å²) in [5.74, 6) is -5.68. The van der Waals surface area contributed by atoms with Crippen molar-refractivity contribution in [3.8, 4) is 11.5 Å².